The van der Waals surface area contributed by atoms with Crippen molar-refractivity contribution in [2.75, 3.05) is 5.32 Å². The van der Waals surface area contributed by atoms with E-state index < -0.39 is 11.9 Å². The van der Waals surface area contributed by atoms with Crippen LogP contribution >= 0.6 is 15.9 Å². The van der Waals surface area contributed by atoms with Crippen LogP contribution in [-0.2, 0) is 0 Å². The summed E-state index contributed by atoms with van der Waals surface area (Å²) in [6, 6.07) is 4.78. The average molecular weight is 324 g/mol. The SMILES string of the molecule is Cc1cc(NC(=O)c2ccc(Br)cn2)c(C(=O)O)[nH]1. The Morgan fingerprint density at radius 2 is 2.16 bits per heavy atom. The zero-order valence-electron chi connectivity index (χ0n) is 9.90. The van der Waals surface area contributed by atoms with E-state index in [1.165, 1.54) is 6.20 Å². The van der Waals surface area contributed by atoms with Crippen LogP contribution in [0.2, 0.25) is 0 Å². The van der Waals surface area contributed by atoms with Gasteiger partial charge in [-0.15, -0.1) is 0 Å². The van der Waals surface area contributed by atoms with Crippen LogP contribution in [0.15, 0.2) is 28.9 Å². The van der Waals surface area contributed by atoms with Crippen molar-refractivity contribution >= 4 is 33.5 Å². The lowest BCUT2D eigenvalue weighted by Crippen LogP contribution is -2.15. The first kappa shape index (κ1) is 13.3. The molecular formula is C12H10BrN3O3. The molecule has 7 heteroatoms. The van der Waals surface area contributed by atoms with Crippen LogP contribution in [0.3, 0.4) is 0 Å². The predicted octanol–water partition coefficient (Wildman–Crippen LogP) is 2.43. The van der Waals surface area contributed by atoms with Gasteiger partial charge in [-0.1, -0.05) is 0 Å². The van der Waals surface area contributed by atoms with E-state index in [9.17, 15) is 9.59 Å². The smallest absolute Gasteiger partial charge is 0.354 e. The minimum atomic E-state index is -1.13. The standard InChI is InChI=1S/C12H10BrN3O3/c1-6-4-9(10(15-6)12(18)19)16-11(17)8-3-2-7(13)5-14-8/h2-5,15H,1H3,(H,16,17)(H,18,19). The number of anilines is 1. The van der Waals surface area contributed by atoms with Crippen molar-refractivity contribution in [2.24, 2.45) is 0 Å². The highest BCUT2D eigenvalue weighted by Gasteiger charge is 2.16. The molecule has 98 valence electrons. The van der Waals surface area contributed by atoms with Crippen molar-refractivity contribution < 1.29 is 14.7 Å². The van der Waals surface area contributed by atoms with Gasteiger partial charge < -0.3 is 15.4 Å². The fourth-order valence-electron chi connectivity index (χ4n) is 1.55. The van der Waals surface area contributed by atoms with E-state index in [-0.39, 0.29) is 17.1 Å². The minimum absolute atomic E-state index is 0.0528. The van der Waals surface area contributed by atoms with E-state index in [4.69, 9.17) is 5.11 Å². The molecular weight excluding hydrogens is 314 g/mol. The Morgan fingerprint density at radius 1 is 1.42 bits per heavy atom. The number of nitrogens with one attached hydrogen (secondary N) is 2. The van der Waals surface area contributed by atoms with Gasteiger partial charge >= 0.3 is 5.97 Å². The number of nitrogens with zero attached hydrogens (tertiary/aromatic N) is 1. The second kappa shape index (κ2) is 5.23. The van der Waals surface area contributed by atoms with E-state index in [1.54, 1.807) is 25.1 Å². The molecule has 0 saturated carbocycles. The lowest BCUT2D eigenvalue weighted by atomic mass is 10.3. The Hall–Kier alpha value is -2.15. The molecule has 2 rings (SSSR count). The summed E-state index contributed by atoms with van der Waals surface area (Å²) < 4.78 is 0.757. The first-order valence-corrected chi connectivity index (χ1v) is 6.12. The quantitative estimate of drug-likeness (QED) is 0.808. The van der Waals surface area contributed by atoms with E-state index in [2.05, 4.69) is 31.2 Å². The number of aromatic carboxylic acids is 1. The first-order chi connectivity index (χ1) is 8.97. The van der Waals surface area contributed by atoms with Crippen LogP contribution in [0, 0.1) is 6.92 Å². The molecule has 0 aliphatic heterocycles. The highest BCUT2D eigenvalue weighted by atomic mass is 79.9. The van der Waals surface area contributed by atoms with Crippen molar-refractivity contribution in [3.63, 3.8) is 0 Å². The second-order valence-corrected chi connectivity index (χ2v) is 4.78. The Balaban J connectivity index is 2.24. The van der Waals surface area contributed by atoms with Crippen molar-refractivity contribution in [3.05, 3.63) is 46.0 Å². The van der Waals surface area contributed by atoms with Gasteiger partial charge in [-0.3, -0.25) is 4.79 Å². The highest BCUT2D eigenvalue weighted by Crippen LogP contribution is 2.18. The number of hydrogen-bond donors (Lipinski definition) is 3. The number of hydrogen-bond acceptors (Lipinski definition) is 3. The van der Waals surface area contributed by atoms with Gasteiger partial charge in [0, 0.05) is 16.4 Å². The molecule has 0 spiro atoms. The number of aromatic amines is 1. The van der Waals surface area contributed by atoms with E-state index in [0.29, 0.717) is 5.69 Å². The Labute approximate surface area is 117 Å². The molecule has 0 saturated heterocycles. The number of carbonyl (C=O) groups excluding carboxylic acids is 1. The third-order valence-corrected chi connectivity index (χ3v) is 2.84. The summed E-state index contributed by atoms with van der Waals surface area (Å²) in [5.74, 6) is -1.60. The summed E-state index contributed by atoms with van der Waals surface area (Å²) in [5, 5.41) is 11.5. The molecule has 0 aromatic carbocycles. The fourth-order valence-corrected chi connectivity index (χ4v) is 1.79. The summed E-state index contributed by atoms with van der Waals surface area (Å²) in [4.78, 5) is 29.5. The van der Waals surface area contributed by atoms with Crippen LogP contribution in [0.4, 0.5) is 5.69 Å². The molecule has 0 aliphatic rings. The fraction of sp³-hybridized carbons (Fsp3) is 0.0833. The molecule has 3 N–H and O–H groups in total. The van der Waals surface area contributed by atoms with Gasteiger partial charge in [-0.2, -0.15) is 0 Å². The number of amides is 1. The molecule has 2 heterocycles. The van der Waals surface area contributed by atoms with Gasteiger partial charge in [0.05, 0.1) is 5.69 Å². The van der Waals surface area contributed by atoms with Crippen LogP contribution in [-0.4, -0.2) is 27.0 Å². The normalized spacial score (nSPS) is 10.2. The summed E-state index contributed by atoms with van der Waals surface area (Å²) in [5.41, 5.74) is 1.03. The van der Waals surface area contributed by atoms with Crippen molar-refractivity contribution in [1.29, 1.82) is 0 Å². The molecule has 0 bridgehead atoms. The lowest BCUT2D eigenvalue weighted by Gasteiger charge is -2.03. The van der Waals surface area contributed by atoms with Gasteiger partial charge in [-0.25, -0.2) is 9.78 Å². The molecule has 0 aliphatic carbocycles. The number of carbonyl (C=O) groups is 2. The number of carboxylic acids is 1. The van der Waals surface area contributed by atoms with Crippen molar-refractivity contribution in [1.82, 2.24) is 9.97 Å². The van der Waals surface area contributed by atoms with Gasteiger partial charge in [0.15, 0.2) is 0 Å². The Bertz CT molecular complexity index is 634. The van der Waals surface area contributed by atoms with Crippen LogP contribution in [0.1, 0.15) is 26.7 Å². The molecule has 2 aromatic rings. The lowest BCUT2D eigenvalue weighted by molar-refractivity contribution is 0.0692. The summed E-state index contributed by atoms with van der Waals surface area (Å²) in [6.07, 6.45) is 1.50. The maximum absolute atomic E-state index is 11.9. The number of H-pyrrole nitrogens is 1. The molecule has 19 heavy (non-hydrogen) atoms. The van der Waals surface area contributed by atoms with Crippen molar-refractivity contribution in [3.8, 4) is 0 Å². The van der Waals surface area contributed by atoms with Gasteiger partial charge in [0.1, 0.15) is 11.4 Å². The average Bonchev–Trinajstić information content (AvgIpc) is 2.71. The third-order valence-electron chi connectivity index (χ3n) is 2.37. The van der Waals surface area contributed by atoms with E-state index >= 15 is 0 Å². The first-order valence-electron chi connectivity index (χ1n) is 5.33. The Kier molecular flexibility index (Phi) is 3.66. The number of aryl methyl sites for hydroxylation is 1. The van der Waals surface area contributed by atoms with Gasteiger partial charge in [0.2, 0.25) is 0 Å². The number of carboxylic acid groups (broad SMARTS) is 1. The van der Waals surface area contributed by atoms with E-state index in [0.717, 1.165) is 4.47 Å². The summed E-state index contributed by atoms with van der Waals surface area (Å²) in [6.45, 7) is 1.71. The molecule has 1 amide bonds. The van der Waals surface area contributed by atoms with Gasteiger partial charge in [0.25, 0.3) is 5.91 Å². The third kappa shape index (κ3) is 3.00. The number of aromatic nitrogens is 2. The largest absolute Gasteiger partial charge is 0.477 e. The topological polar surface area (TPSA) is 95.1 Å². The molecule has 0 radical (unpaired) electrons. The monoisotopic (exact) mass is 323 g/mol. The molecule has 0 unspecified atom stereocenters. The summed E-state index contributed by atoms with van der Waals surface area (Å²) >= 11 is 3.22. The number of rotatable bonds is 3. The number of halogens is 1. The molecule has 0 atom stereocenters. The van der Waals surface area contributed by atoms with Crippen LogP contribution in [0.25, 0.3) is 0 Å². The zero-order valence-corrected chi connectivity index (χ0v) is 11.5. The second-order valence-electron chi connectivity index (χ2n) is 3.86. The van der Waals surface area contributed by atoms with Crippen LogP contribution in [0.5, 0.6) is 0 Å². The van der Waals surface area contributed by atoms with Gasteiger partial charge in [-0.05, 0) is 41.1 Å². The molecule has 6 nitrogen and oxygen atoms in total. The van der Waals surface area contributed by atoms with E-state index in [1.807, 2.05) is 0 Å². The molecule has 2 aromatic heterocycles. The van der Waals surface area contributed by atoms with Crippen LogP contribution < -0.4 is 5.32 Å². The maximum Gasteiger partial charge on any atom is 0.354 e. The predicted molar refractivity (Wildman–Crippen MR) is 72.4 cm³/mol. The number of pyridine rings is 1. The van der Waals surface area contributed by atoms with Crippen molar-refractivity contribution in [2.45, 2.75) is 6.92 Å². The maximum atomic E-state index is 11.9. The highest BCUT2D eigenvalue weighted by molar-refractivity contribution is 9.10. The minimum Gasteiger partial charge on any atom is -0.477 e. The summed E-state index contributed by atoms with van der Waals surface area (Å²) in [7, 11) is 0. The molecule has 0 fully saturated rings. The zero-order chi connectivity index (χ0) is 14.0. The Morgan fingerprint density at radius 3 is 2.74 bits per heavy atom.